The highest BCUT2D eigenvalue weighted by molar-refractivity contribution is 7.89. The first-order valence-corrected chi connectivity index (χ1v) is 9.40. The number of sulfonamides is 1. The van der Waals surface area contributed by atoms with Crippen molar-refractivity contribution >= 4 is 20.9 Å². The number of aryl methyl sites for hydroxylation is 1. The van der Waals surface area contributed by atoms with Crippen LogP contribution in [0.2, 0.25) is 0 Å². The van der Waals surface area contributed by atoms with Gasteiger partial charge < -0.3 is 9.55 Å². The van der Waals surface area contributed by atoms with E-state index in [0.29, 0.717) is 12.1 Å². The van der Waals surface area contributed by atoms with Gasteiger partial charge in [-0.1, -0.05) is 0 Å². The van der Waals surface area contributed by atoms with Crippen molar-refractivity contribution in [1.29, 1.82) is 0 Å². The van der Waals surface area contributed by atoms with E-state index in [-0.39, 0.29) is 16.8 Å². The van der Waals surface area contributed by atoms with Gasteiger partial charge in [-0.15, -0.1) is 0 Å². The van der Waals surface area contributed by atoms with Crippen molar-refractivity contribution < 1.29 is 8.42 Å². The number of imidazole rings is 1. The molecule has 0 saturated heterocycles. The summed E-state index contributed by atoms with van der Waals surface area (Å²) in [5, 5.41) is 0.135. The predicted molar refractivity (Wildman–Crippen MR) is 96.7 cm³/mol. The summed E-state index contributed by atoms with van der Waals surface area (Å²) in [5.41, 5.74) is 1.06. The van der Waals surface area contributed by atoms with Crippen LogP contribution < -0.4 is 16.0 Å². The summed E-state index contributed by atoms with van der Waals surface area (Å²) < 4.78 is 30.3. The molecule has 0 atom stereocenters. The number of hydrogen-bond acceptors (Lipinski definition) is 5. The Bertz CT molecular complexity index is 1200. The van der Waals surface area contributed by atoms with Crippen LogP contribution in [0.5, 0.6) is 0 Å². The lowest BCUT2D eigenvalue weighted by Crippen LogP contribution is -2.32. The van der Waals surface area contributed by atoms with Gasteiger partial charge in [0.2, 0.25) is 10.0 Å². The summed E-state index contributed by atoms with van der Waals surface area (Å²) in [7, 11) is -2.46. The van der Waals surface area contributed by atoms with E-state index in [1.165, 1.54) is 25.2 Å². The number of fused-ring (bicyclic) bond motifs is 1. The van der Waals surface area contributed by atoms with Crippen molar-refractivity contribution in [3.8, 4) is 0 Å². The maximum atomic E-state index is 12.5. The largest absolute Gasteiger partial charge is 0.333 e. The Hall–Kier alpha value is -2.72. The van der Waals surface area contributed by atoms with E-state index < -0.39 is 21.3 Å². The molecule has 2 heterocycles. The Kier molecular flexibility index (Phi) is 4.55. The minimum Gasteiger partial charge on any atom is -0.333 e. The van der Waals surface area contributed by atoms with E-state index in [4.69, 9.17) is 0 Å². The number of hydrogen-bond donors (Lipinski definition) is 2. The lowest BCUT2D eigenvalue weighted by Gasteiger charge is -2.09. The van der Waals surface area contributed by atoms with Gasteiger partial charge in [0.15, 0.2) is 0 Å². The molecule has 0 bridgehead atoms. The summed E-state index contributed by atoms with van der Waals surface area (Å²) in [5.74, 6) is 0. The second kappa shape index (κ2) is 6.54. The van der Waals surface area contributed by atoms with Crippen LogP contribution in [0, 0.1) is 13.8 Å². The number of rotatable bonds is 5. The van der Waals surface area contributed by atoms with Gasteiger partial charge in [-0.05, 0) is 32.0 Å². The van der Waals surface area contributed by atoms with Gasteiger partial charge in [-0.3, -0.25) is 9.36 Å². The van der Waals surface area contributed by atoms with Crippen LogP contribution in [0.4, 0.5) is 0 Å². The van der Waals surface area contributed by atoms with E-state index in [9.17, 15) is 18.0 Å². The summed E-state index contributed by atoms with van der Waals surface area (Å²) in [6.07, 6.45) is 1.66. The summed E-state index contributed by atoms with van der Waals surface area (Å²) >= 11 is 0. The number of aromatic amines is 1. The molecule has 2 N–H and O–H groups in total. The van der Waals surface area contributed by atoms with Gasteiger partial charge in [0.25, 0.3) is 5.56 Å². The van der Waals surface area contributed by atoms with Crippen LogP contribution in [0.15, 0.2) is 39.0 Å². The molecule has 0 aliphatic heterocycles. The molecule has 1 aromatic carbocycles. The average Bonchev–Trinajstić information content (AvgIpc) is 2.91. The highest BCUT2D eigenvalue weighted by atomic mass is 32.2. The van der Waals surface area contributed by atoms with Gasteiger partial charge >= 0.3 is 5.69 Å². The maximum absolute atomic E-state index is 12.5. The third-order valence-electron chi connectivity index (χ3n) is 4.37. The van der Waals surface area contributed by atoms with E-state index in [0.717, 1.165) is 16.0 Å². The molecule has 3 rings (SSSR count). The van der Waals surface area contributed by atoms with E-state index >= 15 is 0 Å². The van der Waals surface area contributed by atoms with E-state index in [2.05, 4.69) is 14.7 Å². The van der Waals surface area contributed by atoms with Crippen LogP contribution >= 0.6 is 0 Å². The Balaban J connectivity index is 1.86. The fourth-order valence-electron chi connectivity index (χ4n) is 2.60. The monoisotopic (exact) mass is 377 g/mol. The Labute approximate surface area is 149 Å². The molecule has 0 aliphatic rings. The van der Waals surface area contributed by atoms with Crippen LogP contribution in [0.3, 0.4) is 0 Å². The van der Waals surface area contributed by atoms with Crippen LogP contribution in [0.1, 0.15) is 11.4 Å². The van der Waals surface area contributed by atoms with Crippen LogP contribution in [-0.2, 0) is 23.6 Å². The van der Waals surface area contributed by atoms with Crippen molar-refractivity contribution in [3.63, 3.8) is 0 Å². The standard InChI is InChI=1S/C16H19N5O4S/c1-10-11(2)21(9-17-10)7-6-18-26(24,25)12-4-5-14-13(8-12)15(22)20(3)16(23)19-14/h4-5,8-9,18H,6-7H2,1-3H3,(H,19,23). The van der Waals surface area contributed by atoms with Crippen molar-refractivity contribution in [2.24, 2.45) is 7.05 Å². The zero-order chi connectivity index (χ0) is 19.1. The average molecular weight is 377 g/mol. The molecular weight excluding hydrogens is 358 g/mol. The number of aromatic nitrogens is 4. The van der Waals surface area contributed by atoms with Gasteiger partial charge in [0.05, 0.1) is 27.8 Å². The molecule has 10 heteroatoms. The highest BCUT2D eigenvalue weighted by Crippen LogP contribution is 2.14. The fourth-order valence-corrected chi connectivity index (χ4v) is 3.65. The molecule has 0 unspecified atom stereocenters. The van der Waals surface area contributed by atoms with Gasteiger partial charge in [0, 0.05) is 25.8 Å². The molecule has 0 spiro atoms. The third-order valence-corrected chi connectivity index (χ3v) is 5.83. The molecular formula is C16H19N5O4S. The minimum atomic E-state index is -3.79. The molecule has 2 aromatic heterocycles. The number of nitrogens with one attached hydrogen (secondary N) is 2. The number of nitrogens with zero attached hydrogens (tertiary/aromatic N) is 3. The predicted octanol–water partition coefficient (Wildman–Crippen LogP) is 0.0186. The Morgan fingerprint density at radius 2 is 1.96 bits per heavy atom. The highest BCUT2D eigenvalue weighted by Gasteiger charge is 2.16. The second-order valence-electron chi connectivity index (χ2n) is 6.01. The van der Waals surface area contributed by atoms with Crippen molar-refractivity contribution in [2.45, 2.75) is 25.3 Å². The van der Waals surface area contributed by atoms with Crippen LogP contribution in [-0.4, -0.2) is 34.1 Å². The summed E-state index contributed by atoms with van der Waals surface area (Å²) in [6.45, 7) is 4.42. The minimum absolute atomic E-state index is 0.0346. The molecule has 0 saturated carbocycles. The Morgan fingerprint density at radius 1 is 1.23 bits per heavy atom. The number of H-pyrrole nitrogens is 1. The first kappa shape index (κ1) is 18.1. The molecule has 0 radical (unpaired) electrons. The zero-order valence-corrected chi connectivity index (χ0v) is 15.4. The van der Waals surface area contributed by atoms with Gasteiger partial charge in [-0.2, -0.15) is 0 Å². The lowest BCUT2D eigenvalue weighted by molar-refractivity contribution is 0.571. The van der Waals surface area contributed by atoms with Gasteiger partial charge in [0.1, 0.15) is 0 Å². The topological polar surface area (TPSA) is 119 Å². The van der Waals surface area contributed by atoms with E-state index in [1.54, 1.807) is 6.33 Å². The quantitative estimate of drug-likeness (QED) is 0.650. The summed E-state index contributed by atoms with van der Waals surface area (Å²) in [4.78, 5) is 30.5. The molecule has 0 aliphatic carbocycles. The first-order chi connectivity index (χ1) is 12.2. The fraction of sp³-hybridized carbons (Fsp3) is 0.312. The van der Waals surface area contributed by atoms with Crippen molar-refractivity contribution in [3.05, 3.63) is 56.8 Å². The lowest BCUT2D eigenvalue weighted by atomic mass is 10.2. The van der Waals surface area contributed by atoms with E-state index in [1.807, 2.05) is 18.4 Å². The molecule has 0 amide bonds. The molecule has 3 aromatic rings. The van der Waals surface area contributed by atoms with Crippen molar-refractivity contribution in [1.82, 2.24) is 23.8 Å². The van der Waals surface area contributed by atoms with Crippen molar-refractivity contribution in [2.75, 3.05) is 6.54 Å². The maximum Gasteiger partial charge on any atom is 0.328 e. The Morgan fingerprint density at radius 3 is 2.62 bits per heavy atom. The smallest absolute Gasteiger partial charge is 0.328 e. The molecule has 138 valence electrons. The molecule has 0 fully saturated rings. The normalized spacial score (nSPS) is 12.0. The third kappa shape index (κ3) is 3.20. The summed E-state index contributed by atoms with van der Waals surface area (Å²) in [6, 6.07) is 4.03. The SMILES string of the molecule is Cc1ncn(CCNS(=O)(=O)c2ccc3[nH]c(=O)n(C)c(=O)c3c2)c1C. The molecule has 9 nitrogen and oxygen atoms in total. The van der Waals surface area contributed by atoms with Crippen LogP contribution in [0.25, 0.3) is 10.9 Å². The zero-order valence-electron chi connectivity index (χ0n) is 14.6. The van der Waals surface area contributed by atoms with Gasteiger partial charge in [-0.25, -0.2) is 22.9 Å². The second-order valence-corrected chi connectivity index (χ2v) is 7.78. The number of benzene rings is 1. The first-order valence-electron chi connectivity index (χ1n) is 7.92. The molecule has 26 heavy (non-hydrogen) atoms.